The summed E-state index contributed by atoms with van der Waals surface area (Å²) in [4.78, 5) is 26.3. The fourth-order valence-corrected chi connectivity index (χ4v) is 4.65. The molecule has 128 valence electrons. The van der Waals surface area contributed by atoms with E-state index >= 15 is 0 Å². The Bertz CT molecular complexity index is 663. The molecule has 24 heavy (non-hydrogen) atoms. The maximum absolute atomic E-state index is 13.8. The SMILES string of the molecule is O=C(N[C@@H]1C[C@H]2CC[C@H]1C2)[C@@H]1CC(=O)N(Cc2ccccc2F)C1. The smallest absolute Gasteiger partial charge is 0.225 e. The standard InChI is InChI=1S/C19H23FN2O2/c20-16-4-2-1-3-14(16)10-22-11-15(9-18(22)23)19(24)21-17-8-12-5-6-13(17)7-12/h1-4,12-13,15,17H,5-11H2,(H,21,24)/t12-,13-,15+,17+/m0/s1. The van der Waals surface area contributed by atoms with Crippen LogP contribution in [0.4, 0.5) is 4.39 Å². The van der Waals surface area contributed by atoms with Crippen molar-refractivity contribution in [2.75, 3.05) is 6.54 Å². The fourth-order valence-electron chi connectivity index (χ4n) is 4.65. The van der Waals surface area contributed by atoms with Gasteiger partial charge in [-0.3, -0.25) is 9.59 Å². The summed E-state index contributed by atoms with van der Waals surface area (Å²) >= 11 is 0. The summed E-state index contributed by atoms with van der Waals surface area (Å²) in [6.45, 7) is 0.628. The number of hydrogen-bond acceptors (Lipinski definition) is 2. The summed E-state index contributed by atoms with van der Waals surface area (Å²) in [6.07, 6.45) is 5.10. The third-order valence-electron chi connectivity index (χ3n) is 5.97. The Morgan fingerprint density at radius 1 is 1.25 bits per heavy atom. The molecular formula is C19H23FN2O2. The lowest BCUT2D eigenvalue weighted by molar-refractivity contribution is -0.129. The molecule has 2 bridgehead atoms. The molecule has 3 aliphatic rings. The van der Waals surface area contributed by atoms with Crippen LogP contribution in [0, 0.1) is 23.6 Å². The third kappa shape index (κ3) is 2.92. The van der Waals surface area contributed by atoms with Crippen molar-refractivity contribution in [2.24, 2.45) is 17.8 Å². The highest BCUT2D eigenvalue weighted by molar-refractivity contribution is 5.89. The van der Waals surface area contributed by atoms with Crippen LogP contribution in [0.1, 0.15) is 37.7 Å². The van der Waals surface area contributed by atoms with E-state index in [0.717, 1.165) is 12.3 Å². The van der Waals surface area contributed by atoms with E-state index in [2.05, 4.69) is 5.32 Å². The van der Waals surface area contributed by atoms with E-state index in [0.29, 0.717) is 24.1 Å². The molecule has 1 aliphatic heterocycles. The first kappa shape index (κ1) is 15.6. The molecule has 4 atom stereocenters. The van der Waals surface area contributed by atoms with Crippen LogP contribution in [0.25, 0.3) is 0 Å². The van der Waals surface area contributed by atoms with E-state index in [4.69, 9.17) is 0 Å². The van der Waals surface area contributed by atoms with Crippen LogP contribution in [0.5, 0.6) is 0 Å². The summed E-state index contributed by atoms with van der Waals surface area (Å²) < 4.78 is 13.8. The number of fused-ring (bicyclic) bond motifs is 2. The molecule has 0 radical (unpaired) electrons. The zero-order chi connectivity index (χ0) is 16.7. The molecule has 4 nitrogen and oxygen atoms in total. The van der Waals surface area contributed by atoms with E-state index < -0.39 is 0 Å². The molecule has 1 aromatic carbocycles. The first-order chi connectivity index (χ1) is 11.6. The van der Waals surface area contributed by atoms with Gasteiger partial charge >= 0.3 is 0 Å². The Labute approximate surface area is 141 Å². The Balaban J connectivity index is 1.35. The Hall–Kier alpha value is -1.91. The molecule has 4 rings (SSSR count). The lowest BCUT2D eigenvalue weighted by atomic mass is 9.94. The quantitative estimate of drug-likeness (QED) is 0.922. The highest BCUT2D eigenvalue weighted by atomic mass is 19.1. The molecular weight excluding hydrogens is 307 g/mol. The van der Waals surface area contributed by atoms with Gasteiger partial charge in [0.25, 0.3) is 0 Å². The van der Waals surface area contributed by atoms with Gasteiger partial charge < -0.3 is 10.2 Å². The van der Waals surface area contributed by atoms with Crippen molar-refractivity contribution in [3.63, 3.8) is 0 Å². The van der Waals surface area contributed by atoms with Crippen LogP contribution in [0.3, 0.4) is 0 Å². The van der Waals surface area contributed by atoms with E-state index in [1.165, 1.54) is 25.3 Å². The van der Waals surface area contributed by atoms with Gasteiger partial charge in [-0.2, -0.15) is 0 Å². The second-order valence-electron chi connectivity index (χ2n) is 7.56. The first-order valence-electron chi connectivity index (χ1n) is 8.91. The highest BCUT2D eigenvalue weighted by Gasteiger charge is 2.42. The molecule has 2 saturated carbocycles. The van der Waals surface area contributed by atoms with E-state index in [1.807, 2.05) is 0 Å². The normalized spacial score (nSPS) is 31.7. The number of carbonyl (C=O) groups is 2. The number of likely N-dealkylation sites (tertiary alicyclic amines) is 1. The van der Waals surface area contributed by atoms with Gasteiger partial charge in [-0.05, 0) is 37.2 Å². The van der Waals surface area contributed by atoms with Crippen LogP contribution in [-0.4, -0.2) is 29.3 Å². The minimum absolute atomic E-state index is 0.00284. The van der Waals surface area contributed by atoms with Gasteiger partial charge in [0.15, 0.2) is 0 Å². The highest BCUT2D eigenvalue weighted by Crippen LogP contribution is 2.44. The Morgan fingerprint density at radius 3 is 2.79 bits per heavy atom. The maximum atomic E-state index is 13.8. The molecule has 0 aromatic heterocycles. The van der Waals surface area contributed by atoms with Crippen LogP contribution < -0.4 is 5.32 Å². The summed E-state index contributed by atoms with van der Waals surface area (Å²) in [6, 6.07) is 6.78. The summed E-state index contributed by atoms with van der Waals surface area (Å²) in [5, 5.41) is 3.18. The topological polar surface area (TPSA) is 49.4 Å². The molecule has 0 unspecified atom stereocenters. The van der Waals surface area contributed by atoms with Crippen molar-refractivity contribution in [1.82, 2.24) is 10.2 Å². The van der Waals surface area contributed by atoms with Gasteiger partial charge in [-0.1, -0.05) is 24.6 Å². The Kier molecular flexibility index (Phi) is 4.02. The van der Waals surface area contributed by atoms with E-state index in [-0.39, 0.29) is 36.5 Å². The average molecular weight is 330 g/mol. The summed E-state index contributed by atoms with van der Waals surface area (Å²) in [5.41, 5.74) is 0.500. The minimum Gasteiger partial charge on any atom is -0.353 e. The van der Waals surface area contributed by atoms with Crippen LogP contribution >= 0.6 is 0 Å². The van der Waals surface area contributed by atoms with Gasteiger partial charge in [0.05, 0.1) is 5.92 Å². The molecule has 1 aromatic rings. The Morgan fingerprint density at radius 2 is 2.08 bits per heavy atom. The minimum atomic E-state index is -0.305. The molecule has 1 heterocycles. The van der Waals surface area contributed by atoms with Crippen molar-refractivity contribution < 1.29 is 14.0 Å². The number of amides is 2. The number of halogens is 1. The van der Waals surface area contributed by atoms with Crippen LogP contribution in [0.15, 0.2) is 24.3 Å². The number of rotatable bonds is 4. The monoisotopic (exact) mass is 330 g/mol. The largest absolute Gasteiger partial charge is 0.353 e. The molecule has 1 N–H and O–H groups in total. The van der Waals surface area contributed by atoms with Crippen LogP contribution in [0.2, 0.25) is 0 Å². The summed E-state index contributed by atoms with van der Waals surface area (Å²) in [7, 11) is 0. The van der Waals surface area contributed by atoms with Crippen molar-refractivity contribution in [2.45, 2.75) is 44.7 Å². The average Bonchev–Trinajstić information content (AvgIpc) is 3.26. The molecule has 2 amide bonds. The molecule has 0 spiro atoms. The van der Waals surface area contributed by atoms with Crippen molar-refractivity contribution in [3.05, 3.63) is 35.6 Å². The van der Waals surface area contributed by atoms with Crippen LogP contribution in [-0.2, 0) is 16.1 Å². The van der Waals surface area contributed by atoms with Crippen molar-refractivity contribution >= 4 is 11.8 Å². The van der Waals surface area contributed by atoms with E-state index in [1.54, 1.807) is 23.1 Å². The predicted molar refractivity (Wildman–Crippen MR) is 87.3 cm³/mol. The second kappa shape index (κ2) is 6.19. The molecule has 1 saturated heterocycles. The fraction of sp³-hybridized carbons (Fsp3) is 0.579. The van der Waals surface area contributed by atoms with Gasteiger partial charge in [-0.15, -0.1) is 0 Å². The second-order valence-corrected chi connectivity index (χ2v) is 7.56. The third-order valence-corrected chi connectivity index (χ3v) is 5.97. The molecule has 3 fully saturated rings. The number of nitrogens with zero attached hydrogens (tertiary/aromatic N) is 1. The first-order valence-corrected chi connectivity index (χ1v) is 8.91. The van der Waals surface area contributed by atoms with Gasteiger partial charge in [0.1, 0.15) is 5.82 Å². The van der Waals surface area contributed by atoms with Gasteiger partial charge in [-0.25, -0.2) is 4.39 Å². The van der Waals surface area contributed by atoms with Crippen molar-refractivity contribution in [3.8, 4) is 0 Å². The van der Waals surface area contributed by atoms with Gasteiger partial charge in [0, 0.05) is 31.1 Å². The maximum Gasteiger partial charge on any atom is 0.225 e. The lowest BCUT2D eigenvalue weighted by Gasteiger charge is -2.24. The number of carbonyl (C=O) groups excluding carboxylic acids is 2. The predicted octanol–water partition coefficient (Wildman–Crippen LogP) is 2.48. The molecule has 2 aliphatic carbocycles. The lowest BCUT2D eigenvalue weighted by Crippen LogP contribution is -2.42. The number of benzene rings is 1. The summed E-state index contributed by atoms with van der Waals surface area (Å²) in [5.74, 6) is 0.737. The molecule has 5 heteroatoms. The van der Waals surface area contributed by atoms with Gasteiger partial charge in [0.2, 0.25) is 11.8 Å². The number of nitrogens with one attached hydrogen (secondary N) is 1. The zero-order valence-electron chi connectivity index (χ0n) is 13.7. The van der Waals surface area contributed by atoms with Crippen molar-refractivity contribution in [1.29, 1.82) is 0 Å². The number of hydrogen-bond donors (Lipinski definition) is 1. The zero-order valence-corrected chi connectivity index (χ0v) is 13.7. The van der Waals surface area contributed by atoms with E-state index in [9.17, 15) is 14.0 Å².